The van der Waals surface area contributed by atoms with E-state index in [1.165, 1.54) is 0 Å². The molecule has 4 heteroatoms. The van der Waals surface area contributed by atoms with Gasteiger partial charge in [-0.25, -0.2) is 0 Å². The van der Waals surface area contributed by atoms with Crippen molar-refractivity contribution >= 4 is 17.3 Å². The molecule has 0 aliphatic rings. The molecule has 0 fully saturated rings. The number of nitrogens with one attached hydrogen (secondary N) is 1. The lowest BCUT2D eigenvalue weighted by Gasteiger charge is -2.10. The zero-order valence-electron chi connectivity index (χ0n) is 10.8. The topological polar surface area (TPSA) is 45.1 Å². The monoisotopic (exact) mass is 276 g/mol. The predicted molar refractivity (Wildman–Crippen MR) is 79.6 cm³/mol. The lowest BCUT2D eigenvalue weighted by Crippen LogP contribution is -2.20. The third-order valence-corrected chi connectivity index (χ3v) is 3.17. The van der Waals surface area contributed by atoms with Crippen LogP contribution in [-0.2, 0) is 0 Å². The molecule has 2 rings (SSSR count). The molecule has 0 radical (unpaired) electrons. The average molecular weight is 277 g/mol. The van der Waals surface area contributed by atoms with Crippen LogP contribution in [0.4, 0.5) is 5.69 Å². The van der Waals surface area contributed by atoms with Gasteiger partial charge in [0, 0.05) is 24.0 Å². The molecule has 0 saturated heterocycles. The van der Waals surface area contributed by atoms with Crippen LogP contribution in [0.15, 0.2) is 42.6 Å². The number of hydrogen-bond acceptors (Lipinski definition) is 3. The van der Waals surface area contributed by atoms with Crippen LogP contribution in [0.3, 0.4) is 0 Å². The molecule has 2 N–H and O–H groups in total. The van der Waals surface area contributed by atoms with Crippen molar-refractivity contribution in [1.82, 2.24) is 4.98 Å². The fourth-order valence-corrected chi connectivity index (χ4v) is 1.80. The van der Waals surface area contributed by atoms with Gasteiger partial charge in [0.25, 0.3) is 0 Å². The molecule has 1 unspecified atom stereocenters. The van der Waals surface area contributed by atoms with Gasteiger partial charge in [-0.3, -0.25) is 4.98 Å². The van der Waals surface area contributed by atoms with E-state index in [0.29, 0.717) is 6.54 Å². The van der Waals surface area contributed by atoms with Gasteiger partial charge in [-0.05, 0) is 30.7 Å². The standard InChI is InChI=1S/C15H17ClN2O/c1-11-2-7-15(18-9-11)12-3-5-13(6-4-12)17-10-14(19)8-16/h2-7,9,14,17,19H,8,10H2,1H3. The van der Waals surface area contributed by atoms with Crippen molar-refractivity contribution in [3.8, 4) is 11.3 Å². The smallest absolute Gasteiger partial charge is 0.0847 e. The van der Waals surface area contributed by atoms with Gasteiger partial charge in [0.2, 0.25) is 0 Å². The molecule has 1 heterocycles. The highest BCUT2D eigenvalue weighted by atomic mass is 35.5. The molecule has 19 heavy (non-hydrogen) atoms. The van der Waals surface area contributed by atoms with Crippen molar-refractivity contribution in [1.29, 1.82) is 0 Å². The molecule has 1 aromatic carbocycles. The van der Waals surface area contributed by atoms with Gasteiger partial charge in [-0.2, -0.15) is 0 Å². The van der Waals surface area contributed by atoms with Crippen LogP contribution in [0, 0.1) is 6.92 Å². The number of halogens is 1. The highest BCUT2D eigenvalue weighted by Crippen LogP contribution is 2.19. The van der Waals surface area contributed by atoms with E-state index in [9.17, 15) is 5.11 Å². The van der Waals surface area contributed by atoms with Crippen molar-refractivity contribution in [2.45, 2.75) is 13.0 Å². The molecular weight excluding hydrogens is 260 g/mol. The number of rotatable bonds is 5. The van der Waals surface area contributed by atoms with E-state index < -0.39 is 6.10 Å². The first-order valence-electron chi connectivity index (χ1n) is 6.20. The molecule has 0 aliphatic heterocycles. The van der Waals surface area contributed by atoms with Crippen LogP contribution in [0.25, 0.3) is 11.3 Å². The molecular formula is C15H17ClN2O. The largest absolute Gasteiger partial charge is 0.390 e. The van der Waals surface area contributed by atoms with Gasteiger partial charge in [-0.1, -0.05) is 18.2 Å². The number of aliphatic hydroxyl groups excluding tert-OH is 1. The number of nitrogens with zero attached hydrogens (tertiary/aromatic N) is 1. The molecule has 2 aromatic rings. The Morgan fingerprint density at radius 2 is 1.95 bits per heavy atom. The maximum absolute atomic E-state index is 9.37. The maximum atomic E-state index is 9.37. The van der Waals surface area contributed by atoms with Crippen LogP contribution >= 0.6 is 11.6 Å². The lowest BCUT2D eigenvalue weighted by molar-refractivity contribution is 0.211. The molecule has 0 amide bonds. The van der Waals surface area contributed by atoms with E-state index in [0.717, 1.165) is 22.5 Å². The molecule has 100 valence electrons. The highest BCUT2D eigenvalue weighted by Gasteiger charge is 2.02. The minimum absolute atomic E-state index is 0.234. The molecule has 1 atom stereocenters. The first-order chi connectivity index (χ1) is 9.19. The summed E-state index contributed by atoms with van der Waals surface area (Å²) < 4.78 is 0. The summed E-state index contributed by atoms with van der Waals surface area (Å²) in [6, 6.07) is 12.0. The number of pyridine rings is 1. The summed E-state index contributed by atoms with van der Waals surface area (Å²) in [6.07, 6.45) is 1.33. The Balaban J connectivity index is 2.04. The number of benzene rings is 1. The predicted octanol–water partition coefficient (Wildman–Crippen LogP) is 3.07. The number of aryl methyl sites for hydroxylation is 1. The van der Waals surface area contributed by atoms with E-state index in [1.807, 2.05) is 49.5 Å². The average Bonchev–Trinajstić information content (AvgIpc) is 2.46. The van der Waals surface area contributed by atoms with Crippen LogP contribution in [0.2, 0.25) is 0 Å². The van der Waals surface area contributed by atoms with E-state index in [-0.39, 0.29) is 5.88 Å². The molecule has 0 bridgehead atoms. The zero-order valence-corrected chi connectivity index (χ0v) is 11.6. The van der Waals surface area contributed by atoms with Gasteiger partial charge < -0.3 is 10.4 Å². The van der Waals surface area contributed by atoms with E-state index >= 15 is 0 Å². The van der Waals surface area contributed by atoms with E-state index in [2.05, 4.69) is 10.3 Å². The Morgan fingerprint density at radius 3 is 2.53 bits per heavy atom. The summed E-state index contributed by atoms with van der Waals surface area (Å²) in [4.78, 5) is 4.39. The third kappa shape index (κ3) is 3.94. The second-order valence-electron chi connectivity index (χ2n) is 4.49. The van der Waals surface area contributed by atoms with Gasteiger partial charge in [0.1, 0.15) is 0 Å². The first-order valence-corrected chi connectivity index (χ1v) is 6.73. The van der Waals surface area contributed by atoms with Crippen molar-refractivity contribution in [3.63, 3.8) is 0 Å². The summed E-state index contributed by atoms with van der Waals surface area (Å²) in [6.45, 7) is 2.47. The van der Waals surface area contributed by atoms with E-state index in [4.69, 9.17) is 11.6 Å². The second kappa shape index (κ2) is 6.55. The highest BCUT2D eigenvalue weighted by molar-refractivity contribution is 6.18. The zero-order chi connectivity index (χ0) is 13.7. The fraction of sp³-hybridized carbons (Fsp3) is 0.267. The van der Waals surface area contributed by atoms with Crippen LogP contribution < -0.4 is 5.32 Å². The first kappa shape index (κ1) is 13.8. The summed E-state index contributed by atoms with van der Waals surface area (Å²) in [5, 5.41) is 12.5. The van der Waals surface area contributed by atoms with Crippen molar-refractivity contribution in [3.05, 3.63) is 48.2 Å². The molecule has 1 aromatic heterocycles. The lowest BCUT2D eigenvalue weighted by atomic mass is 10.1. The Bertz CT molecular complexity index is 511. The fourth-order valence-electron chi connectivity index (χ4n) is 1.69. The summed E-state index contributed by atoms with van der Waals surface area (Å²) >= 11 is 5.54. The summed E-state index contributed by atoms with van der Waals surface area (Å²) in [7, 11) is 0. The van der Waals surface area contributed by atoms with Crippen molar-refractivity contribution in [2.24, 2.45) is 0 Å². The number of aromatic nitrogens is 1. The number of aliphatic hydroxyl groups is 1. The molecule has 0 spiro atoms. The number of anilines is 1. The Kier molecular flexibility index (Phi) is 4.77. The Labute approximate surface area is 118 Å². The SMILES string of the molecule is Cc1ccc(-c2ccc(NCC(O)CCl)cc2)nc1. The third-order valence-electron chi connectivity index (χ3n) is 2.81. The van der Waals surface area contributed by atoms with Gasteiger partial charge in [-0.15, -0.1) is 11.6 Å². The molecule has 0 saturated carbocycles. The van der Waals surface area contributed by atoms with Crippen LogP contribution in [-0.4, -0.2) is 28.6 Å². The molecule has 0 aliphatic carbocycles. The Hall–Kier alpha value is -1.58. The van der Waals surface area contributed by atoms with Crippen molar-refractivity contribution in [2.75, 3.05) is 17.7 Å². The summed E-state index contributed by atoms with van der Waals surface area (Å²) in [5.41, 5.74) is 4.14. The minimum atomic E-state index is -0.528. The normalized spacial score (nSPS) is 12.2. The minimum Gasteiger partial charge on any atom is -0.390 e. The van der Waals surface area contributed by atoms with Crippen LogP contribution in [0.5, 0.6) is 0 Å². The number of alkyl halides is 1. The van der Waals surface area contributed by atoms with Crippen molar-refractivity contribution < 1.29 is 5.11 Å². The second-order valence-corrected chi connectivity index (χ2v) is 4.80. The maximum Gasteiger partial charge on any atom is 0.0847 e. The quantitative estimate of drug-likeness (QED) is 0.825. The summed E-state index contributed by atoms with van der Waals surface area (Å²) in [5.74, 6) is 0.234. The van der Waals surface area contributed by atoms with E-state index in [1.54, 1.807) is 0 Å². The molecule has 3 nitrogen and oxygen atoms in total. The Morgan fingerprint density at radius 1 is 1.21 bits per heavy atom. The van der Waals surface area contributed by atoms with Crippen LogP contribution in [0.1, 0.15) is 5.56 Å². The number of hydrogen-bond donors (Lipinski definition) is 2. The van der Waals surface area contributed by atoms with Gasteiger partial charge >= 0.3 is 0 Å². The van der Waals surface area contributed by atoms with Gasteiger partial charge in [0.05, 0.1) is 17.7 Å². The van der Waals surface area contributed by atoms with Gasteiger partial charge in [0.15, 0.2) is 0 Å².